The largest absolute Gasteiger partial charge is 0.469 e. The molecule has 0 fully saturated rings. The van der Waals surface area contributed by atoms with Gasteiger partial charge in [-0.05, 0) is 34.7 Å². The van der Waals surface area contributed by atoms with Crippen LogP contribution >= 0.6 is 0 Å². The number of esters is 1. The van der Waals surface area contributed by atoms with Crippen molar-refractivity contribution in [1.29, 1.82) is 0 Å². The van der Waals surface area contributed by atoms with Gasteiger partial charge >= 0.3 is 5.97 Å². The van der Waals surface area contributed by atoms with E-state index in [0.717, 1.165) is 13.1 Å². The third kappa shape index (κ3) is 5.47. The van der Waals surface area contributed by atoms with Gasteiger partial charge in [-0.1, -0.05) is 0 Å². The molecule has 0 bridgehead atoms. The zero-order valence-electron chi connectivity index (χ0n) is 11.5. The van der Waals surface area contributed by atoms with Gasteiger partial charge in [-0.15, -0.1) is 0 Å². The Balaban J connectivity index is 3.78. The van der Waals surface area contributed by atoms with E-state index in [1.54, 1.807) is 0 Å². The molecule has 0 rings (SSSR count). The van der Waals surface area contributed by atoms with Crippen LogP contribution in [-0.2, 0) is 9.53 Å². The predicted molar refractivity (Wildman–Crippen MR) is 66.4 cm³/mol. The average Bonchev–Trinajstić information content (AvgIpc) is 2.22. The first-order valence-corrected chi connectivity index (χ1v) is 5.80. The second-order valence-electron chi connectivity index (χ2n) is 5.13. The smallest absolute Gasteiger partial charge is 0.312 e. The number of ether oxygens (including phenoxy) is 1. The van der Waals surface area contributed by atoms with Crippen LogP contribution in [0.3, 0.4) is 0 Å². The lowest BCUT2D eigenvalue weighted by atomic mass is 9.94. The molecule has 0 radical (unpaired) electrons. The number of carbonyl (C=O) groups excluding carboxylic acids is 1. The minimum atomic E-state index is -0.453. The van der Waals surface area contributed by atoms with E-state index < -0.39 is 5.41 Å². The Morgan fingerprint density at radius 1 is 1.44 bits per heavy atom. The summed E-state index contributed by atoms with van der Waals surface area (Å²) in [7, 11) is 3.52. The number of nitrogens with one attached hydrogen (secondary N) is 1. The molecule has 16 heavy (non-hydrogen) atoms. The Hall–Kier alpha value is -0.610. The zero-order chi connectivity index (χ0) is 12.8. The molecule has 0 amide bonds. The number of likely N-dealkylation sites (N-methyl/N-ethyl adjacent to an activating group) is 1. The predicted octanol–water partition coefficient (Wildman–Crippen LogP) is 1.12. The molecule has 0 aliphatic rings. The van der Waals surface area contributed by atoms with Crippen molar-refractivity contribution in [2.75, 3.05) is 33.8 Å². The molecule has 4 nitrogen and oxygen atoms in total. The van der Waals surface area contributed by atoms with Gasteiger partial charge in [0.1, 0.15) is 0 Å². The van der Waals surface area contributed by atoms with E-state index in [-0.39, 0.29) is 5.97 Å². The fraction of sp³-hybridized carbons (Fsp3) is 0.917. The normalized spacial score (nSPS) is 12.2. The third-order valence-corrected chi connectivity index (χ3v) is 2.83. The average molecular weight is 230 g/mol. The molecule has 0 heterocycles. The summed E-state index contributed by atoms with van der Waals surface area (Å²) in [6.45, 7) is 10.6. The molecule has 0 saturated heterocycles. The molecule has 0 spiro atoms. The van der Waals surface area contributed by atoms with Gasteiger partial charge < -0.3 is 15.0 Å². The SMILES string of the molecule is COC(=O)C(C)(C)CNCCN(C)C(C)C. The minimum Gasteiger partial charge on any atom is -0.469 e. The van der Waals surface area contributed by atoms with Crippen molar-refractivity contribution in [2.24, 2.45) is 5.41 Å². The lowest BCUT2D eigenvalue weighted by Gasteiger charge is -2.24. The van der Waals surface area contributed by atoms with Gasteiger partial charge in [0.15, 0.2) is 0 Å². The second kappa shape index (κ2) is 6.86. The zero-order valence-corrected chi connectivity index (χ0v) is 11.5. The quantitative estimate of drug-likeness (QED) is 0.525. The summed E-state index contributed by atoms with van der Waals surface area (Å²) in [4.78, 5) is 13.7. The van der Waals surface area contributed by atoms with Crippen molar-refractivity contribution >= 4 is 5.97 Å². The minimum absolute atomic E-state index is 0.169. The molecule has 96 valence electrons. The molecule has 0 aromatic rings. The van der Waals surface area contributed by atoms with Crippen molar-refractivity contribution in [3.05, 3.63) is 0 Å². The van der Waals surface area contributed by atoms with Crippen LogP contribution in [0.1, 0.15) is 27.7 Å². The summed E-state index contributed by atoms with van der Waals surface area (Å²) < 4.78 is 4.74. The first-order valence-electron chi connectivity index (χ1n) is 5.80. The first kappa shape index (κ1) is 15.4. The summed E-state index contributed by atoms with van der Waals surface area (Å²) in [6, 6.07) is 0.551. The summed E-state index contributed by atoms with van der Waals surface area (Å²) >= 11 is 0. The highest BCUT2D eigenvalue weighted by atomic mass is 16.5. The summed E-state index contributed by atoms with van der Waals surface area (Å²) in [5.41, 5.74) is -0.453. The number of hydrogen-bond acceptors (Lipinski definition) is 4. The number of hydrogen-bond donors (Lipinski definition) is 1. The Bertz CT molecular complexity index is 215. The van der Waals surface area contributed by atoms with Crippen molar-refractivity contribution in [3.8, 4) is 0 Å². The van der Waals surface area contributed by atoms with E-state index in [9.17, 15) is 4.79 Å². The summed E-state index contributed by atoms with van der Waals surface area (Å²) in [6.07, 6.45) is 0. The lowest BCUT2D eigenvalue weighted by molar-refractivity contribution is -0.150. The summed E-state index contributed by atoms with van der Waals surface area (Å²) in [5, 5.41) is 3.28. The van der Waals surface area contributed by atoms with Crippen LogP contribution in [0.4, 0.5) is 0 Å². The first-order chi connectivity index (χ1) is 7.31. The van der Waals surface area contributed by atoms with Gasteiger partial charge in [0.05, 0.1) is 12.5 Å². The van der Waals surface area contributed by atoms with E-state index in [1.807, 2.05) is 13.8 Å². The van der Waals surface area contributed by atoms with Crippen molar-refractivity contribution in [2.45, 2.75) is 33.7 Å². The Morgan fingerprint density at radius 2 is 2.00 bits per heavy atom. The molecule has 0 unspecified atom stereocenters. The third-order valence-electron chi connectivity index (χ3n) is 2.83. The van der Waals surface area contributed by atoms with Gasteiger partial charge in [0.2, 0.25) is 0 Å². The second-order valence-corrected chi connectivity index (χ2v) is 5.13. The maximum atomic E-state index is 11.4. The topological polar surface area (TPSA) is 41.6 Å². The van der Waals surface area contributed by atoms with Gasteiger partial charge in [0.25, 0.3) is 0 Å². The maximum absolute atomic E-state index is 11.4. The molecule has 0 aromatic carbocycles. The van der Waals surface area contributed by atoms with Crippen molar-refractivity contribution in [3.63, 3.8) is 0 Å². The molecule has 0 aliphatic heterocycles. The number of nitrogens with zero attached hydrogens (tertiary/aromatic N) is 1. The van der Waals surface area contributed by atoms with Crippen LogP contribution in [0.2, 0.25) is 0 Å². The summed E-state index contributed by atoms with van der Waals surface area (Å²) in [5.74, 6) is -0.169. The van der Waals surface area contributed by atoms with Gasteiger partial charge in [-0.25, -0.2) is 0 Å². The molecule has 0 aliphatic carbocycles. The van der Waals surface area contributed by atoms with E-state index >= 15 is 0 Å². The molecule has 1 N–H and O–H groups in total. The highest BCUT2D eigenvalue weighted by molar-refractivity contribution is 5.76. The monoisotopic (exact) mass is 230 g/mol. The maximum Gasteiger partial charge on any atom is 0.312 e. The molecular formula is C12H26N2O2. The molecular weight excluding hydrogens is 204 g/mol. The fourth-order valence-corrected chi connectivity index (χ4v) is 1.26. The molecule has 0 saturated carbocycles. The van der Waals surface area contributed by atoms with E-state index in [2.05, 4.69) is 31.1 Å². The fourth-order valence-electron chi connectivity index (χ4n) is 1.26. The van der Waals surface area contributed by atoms with E-state index in [4.69, 9.17) is 4.74 Å². The molecule has 0 atom stereocenters. The number of rotatable bonds is 7. The van der Waals surface area contributed by atoms with Crippen LogP contribution in [-0.4, -0.2) is 50.7 Å². The van der Waals surface area contributed by atoms with E-state index in [0.29, 0.717) is 12.6 Å². The van der Waals surface area contributed by atoms with Gasteiger partial charge in [-0.3, -0.25) is 4.79 Å². The van der Waals surface area contributed by atoms with E-state index in [1.165, 1.54) is 7.11 Å². The Morgan fingerprint density at radius 3 is 2.44 bits per heavy atom. The Labute approximate surface area is 99.3 Å². The van der Waals surface area contributed by atoms with Crippen LogP contribution in [0, 0.1) is 5.41 Å². The van der Waals surface area contributed by atoms with Crippen LogP contribution < -0.4 is 5.32 Å². The van der Waals surface area contributed by atoms with Crippen molar-refractivity contribution in [1.82, 2.24) is 10.2 Å². The lowest BCUT2D eigenvalue weighted by Crippen LogP contribution is -2.40. The Kier molecular flexibility index (Phi) is 6.60. The highest BCUT2D eigenvalue weighted by Crippen LogP contribution is 2.14. The molecule has 0 aromatic heterocycles. The van der Waals surface area contributed by atoms with Crippen LogP contribution in [0.25, 0.3) is 0 Å². The number of carbonyl (C=O) groups is 1. The van der Waals surface area contributed by atoms with Crippen molar-refractivity contribution < 1.29 is 9.53 Å². The molecule has 4 heteroatoms. The highest BCUT2D eigenvalue weighted by Gasteiger charge is 2.27. The van der Waals surface area contributed by atoms with Crippen LogP contribution in [0.15, 0.2) is 0 Å². The van der Waals surface area contributed by atoms with Gasteiger partial charge in [0, 0.05) is 25.7 Å². The number of methoxy groups -OCH3 is 1. The standard InChI is InChI=1S/C12H26N2O2/c1-10(2)14(5)8-7-13-9-12(3,4)11(15)16-6/h10,13H,7-9H2,1-6H3. The van der Waals surface area contributed by atoms with Gasteiger partial charge in [-0.2, -0.15) is 0 Å². The van der Waals surface area contributed by atoms with Crippen LogP contribution in [0.5, 0.6) is 0 Å².